The van der Waals surface area contributed by atoms with Crippen molar-refractivity contribution < 1.29 is 12.6 Å². The normalized spacial score (nSPS) is 11.6. The van der Waals surface area contributed by atoms with Crippen LogP contribution >= 0.6 is 23.2 Å². The summed E-state index contributed by atoms with van der Waals surface area (Å²) >= 11 is 11.9. The van der Waals surface area contributed by atoms with Crippen molar-refractivity contribution in [2.75, 3.05) is 6.26 Å². The molecule has 0 saturated heterocycles. The maximum Gasteiger partial charge on any atom is 0.368 e. The van der Waals surface area contributed by atoms with E-state index < -0.39 is 15.8 Å². The maximum atomic E-state index is 12.1. The summed E-state index contributed by atoms with van der Waals surface area (Å²) in [5.41, 5.74) is -0.381. The molecule has 1 heterocycles. The van der Waals surface area contributed by atoms with Crippen LogP contribution < -0.4 is 9.87 Å². The van der Waals surface area contributed by atoms with E-state index in [-0.39, 0.29) is 21.5 Å². The van der Waals surface area contributed by atoms with E-state index in [4.69, 9.17) is 27.4 Å². The van der Waals surface area contributed by atoms with Crippen LogP contribution in [0.25, 0.3) is 5.69 Å². The summed E-state index contributed by atoms with van der Waals surface area (Å²) in [5.74, 6) is -0.152. The molecule has 0 saturated carbocycles. The van der Waals surface area contributed by atoms with Gasteiger partial charge in [0.25, 0.3) is 0 Å². The molecule has 0 radical (unpaired) electrons. The number of tetrazole rings is 1. The predicted octanol–water partition coefficient (Wildman–Crippen LogP) is 1.48. The summed E-state index contributed by atoms with van der Waals surface area (Å²) in [6, 6.07) is 2.49. The molecular formula is C11H12Cl2N4O4S. The summed E-state index contributed by atoms with van der Waals surface area (Å²) in [7, 11) is -3.78. The maximum absolute atomic E-state index is 12.1. The van der Waals surface area contributed by atoms with E-state index in [1.165, 1.54) is 16.8 Å². The minimum absolute atomic E-state index is 0.00632. The summed E-state index contributed by atoms with van der Waals surface area (Å²) in [6.45, 7) is 2.29. The van der Waals surface area contributed by atoms with Crippen molar-refractivity contribution in [1.29, 1.82) is 0 Å². The molecule has 11 heteroatoms. The lowest BCUT2D eigenvalue weighted by Crippen LogP contribution is -2.24. The van der Waals surface area contributed by atoms with Crippen LogP contribution in [-0.4, -0.2) is 34.5 Å². The van der Waals surface area contributed by atoms with Gasteiger partial charge in [-0.15, -0.1) is 0 Å². The molecule has 2 rings (SSSR count). The van der Waals surface area contributed by atoms with Crippen LogP contribution in [0.3, 0.4) is 0 Å². The smallest absolute Gasteiger partial charge is 0.368 e. The third kappa shape index (κ3) is 3.60. The largest absolute Gasteiger partial charge is 0.381 e. The Hall–Kier alpha value is -1.58. The Labute approximate surface area is 136 Å². The van der Waals surface area contributed by atoms with Crippen LogP contribution in [0.5, 0.6) is 5.75 Å². The zero-order chi connectivity index (χ0) is 16.5. The van der Waals surface area contributed by atoms with E-state index >= 15 is 0 Å². The molecule has 0 fully saturated rings. The molecule has 0 aliphatic heterocycles. The first kappa shape index (κ1) is 16.8. The third-order valence-corrected chi connectivity index (χ3v) is 3.63. The van der Waals surface area contributed by atoms with Gasteiger partial charge in [0.15, 0.2) is 5.75 Å². The standard InChI is InChI=1S/C11H12Cl2N4O4S/c1-3-4-16-11(18)17(15-14-16)9-6-10(21-22(2,19)20)8(13)5-7(9)12/h5-6H,3-4H2,1-2H3. The highest BCUT2D eigenvalue weighted by Gasteiger charge is 2.17. The Bertz CT molecular complexity index is 859. The molecule has 0 N–H and O–H groups in total. The minimum atomic E-state index is -3.78. The first-order chi connectivity index (χ1) is 10.2. The molecule has 0 spiro atoms. The van der Waals surface area contributed by atoms with E-state index in [1.54, 1.807) is 0 Å². The van der Waals surface area contributed by atoms with Crippen molar-refractivity contribution in [3.63, 3.8) is 0 Å². The number of hydrogen-bond donors (Lipinski definition) is 0. The van der Waals surface area contributed by atoms with Gasteiger partial charge in [-0.3, -0.25) is 0 Å². The quantitative estimate of drug-likeness (QED) is 0.743. The van der Waals surface area contributed by atoms with Crippen LogP contribution in [0.1, 0.15) is 13.3 Å². The zero-order valence-corrected chi connectivity index (χ0v) is 14.0. The average molecular weight is 367 g/mol. The number of halogens is 2. The molecular weight excluding hydrogens is 355 g/mol. The number of aromatic nitrogens is 4. The highest BCUT2D eigenvalue weighted by atomic mass is 35.5. The lowest BCUT2D eigenvalue weighted by Gasteiger charge is -2.08. The molecule has 120 valence electrons. The fourth-order valence-electron chi connectivity index (χ4n) is 1.69. The summed E-state index contributed by atoms with van der Waals surface area (Å²) in [4.78, 5) is 12.1. The molecule has 0 atom stereocenters. The van der Waals surface area contributed by atoms with Gasteiger partial charge in [0, 0.05) is 12.6 Å². The van der Waals surface area contributed by atoms with Crippen molar-refractivity contribution in [2.45, 2.75) is 19.9 Å². The number of aryl methyl sites for hydroxylation is 1. The molecule has 0 aliphatic rings. The van der Waals surface area contributed by atoms with Crippen LogP contribution in [0.4, 0.5) is 0 Å². The highest BCUT2D eigenvalue weighted by molar-refractivity contribution is 7.86. The van der Waals surface area contributed by atoms with Gasteiger partial charge in [0.05, 0.1) is 22.0 Å². The second-order valence-electron chi connectivity index (χ2n) is 4.42. The molecule has 0 bridgehead atoms. The monoisotopic (exact) mass is 366 g/mol. The van der Waals surface area contributed by atoms with Crippen LogP contribution in [-0.2, 0) is 16.7 Å². The van der Waals surface area contributed by atoms with Crippen molar-refractivity contribution in [2.24, 2.45) is 0 Å². The van der Waals surface area contributed by atoms with E-state index in [1.807, 2.05) is 6.92 Å². The fourth-order valence-corrected chi connectivity index (χ4v) is 2.70. The van der Waals surface area contributed by atoms with Crippen molar-refractivity contribution in [3.05, 3.63) is 32.7 Å². The third-order valence-electron chi connectivity index (χ3n) is 2.55. The second-order valence-corrected chi connectivity index (χ2v) is 6.81. The van der Waals surface area contributed by atoms with Crippen LogP contribution in [0, 0.1) is 0 Å². The highest BCUT2D eigenvalue weighted by Crippen LogP contribution is 2.33. The Morgan fingerprint density at radius 2 is 1.91 bits per heavy atom. The van der Waals surface area contributed by atoms with E-state index in [9.17, 15) is 13.2 Å². The zero-order valence-electron chi connectivity index (χ0n) is 11.7. The lowest BCUT2D eigenvalue weighted by molar-refractivity contribution is 0.493. The lowest BCUT2D eigenvalue weighted by atomic mass is 10.3. The first-order valence-electron chi connectivity index (χ1n) is 6.14. The van der Waals surface area contributed by atoms with Gasteiger partial charge >= 0.3 is 15.8 Å². The van der Waals surface area contributed by atoms with Crippen LogP contribution in [0.2, 0.25) is 10.0 Å². The van der Waals surface area contributed by atoms with Gasteiger partial charge in [-0.2, -0.15) is 17.8 Å². The van der Waals surface area contributed by atoms with Crippen molar-refractivity contribution in [1.82, 2.24) is 19.8 Å². The van der Waals surface area contributed by atoms with Gasteiger partial charge in [0.2, 0.25) is 0 Å². The molecule has 2 aromatic rings. The number of hydrogen-bond acceptors (Lipinski definition) is 6. The van der Waals surface area contributed by atoms with Gasteiger partial charge in [-0.25, -0.2) is 4.79 Å². The number of rotatable bonds is 5. The summed E-state index contributed by atoms with van der Waals surface area (Å²) in [6.07, 6.45) is 1.58. The van der Waals surface area contributed by atoms with Crippen LogP contribution in [0.15, 0.2) is 16.9 Å². The van der Waals surface area contributed by atoms with E-state index in [0.29, 0.717) is 13.0 Å². The summed E-state index contributed by atoms with van der Waals surface area (Å²) in [5, 5.41) is 7.53. The average Bonchev–Trinajstić information content (AvgIpc) is 2.74. The molecule has 1 aromatic heterocycles. The van der Waals surface area contributed by atoms with Gasteiger partial charge in [-0.05, 0) is 22.9 Å². The predicted molar refractivity (Wildman–Crippen MR) is 81.4 cm³/mol. The topological polar surface area (TPSA) is 96.1 Å². The van der Waals surface area contributed by atoms with Gasteiger partial charge < -0.3 is 4.18 Å². The molecule has 1 aromatic carbocycles. The Morgan fingerprint density at radius 1 is 1.23 bits per heavy atom. The Balaban J connectivity index is 2.56. The molecule has 0 aliphatic carbocycles. The molecule has 22 heavy (non-hydrogen) atoms. The number of benzene rings is 1. The van der Waals surface area contributed by atoms with E-state index in [0.717, 1.165) is 10.9 Å². The molecule has 0 amide bonds. The number of nitrogens with zero attached hydrogens (tertiary/aromatic N) is 4. The molecule has 0 unspecified atom stereocenters. The second kappa shape index (κ2) is 6.27. The van der Waals surface area contributed by atoms with Crippen molar-refractivity contribution >= 4 is 33.3 Å². The first-order valence-corrected chi connectivity index (χ1v) is 8.72. The Kier molecular flexibility index (Phi) is 4.78. The van der Waals surface area contributed by atoms with Crippen molar-refractivity contribution in [3.8, 4) is 11.4 Å². The SMILES string of the molecule is CCCn1nnn(-c2cc(OS(C)(=O)=O)c(Cl)cc2Cl)c1=O. The summed E-state index contributed by atoms with van der Waals surface area (Å²) < 4.78 is 29.3. The van der Waals surface area contributed by atoms with Gasteiger partial charge in [-0.1, -0.05) is 30.1 Å². The van der Waals surface area contributed by atoms with Gasteiger partial charge in [0.1, 0.15) is 0 Å². The fraction of sp³-hybridized carbons (Fsp3) is 0.364. The molecule has 8 nitrogen and oxygen atoms in total. The van der Waals surface area contributed by atoms with E-state index in [2.05, 4.69) is 10.4 Å². The minimum Gasteiger partial charge on any atom is -0.381 e. The Morgan fingerprint density at radius 3 is 2.50 bits per heavy atom.